The van der Waals surface area contributed by atoms with Gasteiger partial charge in [0.05, 0.1) is 11.4 Å². The van der Waals surface area contributed by atoms with E-state index in [1.54, 1.807) is 24.3 Å². The van der Waals surface area contributed by atoms with Crippen molar-refractivity contribution < 1.29 is 17.6 Å². The lowest BCUT2D eigenvalue weighted by Gasteiger charge is -2.13. The second-order valence-electron chi connectivity index (χ2n) is 6.02. The van der Waals surface area contributed by atoms with Gasteiger partial charge in [-0.2, -0.15) is 0 Å². The zero-order valence-corrected chi connectivity index (χ0v) is 15.6. The summed E-state index contributed by atoms with van der Waals surface area (Å²) in [5.41, 5.74) is 0.500. The molecular formula is C19H14FN5O3S. The number of hydrogen-bond acceptors (Lipinski definition) is 5. The van der Waals surface area contributed by atoms with Crippen molar-refractivity contribution in [2.75, 3.05) is 10.0 Å². The largest absolute Gasteiger partial charge is 0.345 e. The van der Waals surface area contributed by atoms with Crippen molar-refractivity contribution >= 4 is 38.3 Å². The topological polar surface area (TPSA) is 117 Å². The number of anilines is 2. The molecular weight excluding hydrogens is 397 g/mol. The molecule has 3 aromatic heterocycles. The molecule has 10 heteroatoms. The first kappa shape index (κ1) is 18.6. The minimum absolute atomic E-state index is 0.0492. The summed E-state index contributed by atoms with van der Waals surface area (Å²) in [7, 11) is -4.09. The predicted octanol–water partition coefficient (Wildman–Crippen LogP) is 3.15. The molecule has 0 spiro atoms. The summed E-state index contributed by atoms with van der Waals surface area (Å²) in [6.45, 7) is 0. The average molecular weight is 411 g/mol. The number of sulfonamides is 1. The lowest BCUT2D eigenvalue weighted by molar-refractivity contribution is 0.102. The summed E-state index contributed by atoms with van der Waals surface area (Å²) in [5, 5.41) is 2.93. The zero-order valence-electron chi connectivity index (χ0n) is 14.8. The van der Waals surface area contributed by atoms with Gasteiger partial charge in [0.25, 0.3) is 15.9 Å². The molecule has 3 N–H and O–H groups in total. The van der Waals surface area contributed by atoms with E-state index in [2.05, 4.69) is 25.0 Å². The standard InChI is InChI=1S/C19H14FN5O3S/c20-12-6-7-14(24-19(26)15-5-1-2-8-21-15)16(10-12)25-29(27,28)17-11-23-18-13(17)4-3-9-22-18/h1-11,25H,(H,22,23)(H,24,26). The Kier molecular flexibility index (Phi) is 4.69. The molecule has 4 rings (SSSR count). The van der Waals surface area contributed by atoms with Gasteiger partial charge in [-0.3, -0.25) is 14.5 Å². The number of carbonyl (C=O) groups is 1. The minimum atomic E-state index is -4.09. The molecule has 0 saturated carbocycles. The Labute approximate surface area is 164 Å². The van der Waals surface area contributed by atoms with Crippen LogP contribution in [0.2, 0.25) is 0 Å². The number of carbonyl (C=O) groups excluding carboxylic acids is 1. The first-order chi connectivity index (χ1) is 13.9. The molecule has 0 aliphatic heterocycles. The predicted molar refractivity (Wildman–Crippen MR) is 105 cm³/mol. The number of aromatic nitrogens is 3. The van der Waals surface area contributed by atoms with Crippen LogP contribution in [0.1, 0.15) is 10.5 Å². The van der Waals surface area contributed by atoms with E-state index >= 15 is 0 Å². The molecule has 0 bridgehead atoms. The van der Waals surface area contributed by atoms with Crippen molar-refractivity contribution in [1.29, 1.82) is 0 Å². The average Bonchev–Trinajstić information content (AvgIpc) is 3.15. The summed E-state index contributed by atoms with van der Waals surface area (Å²) in [4.78, 5) is 23.1. The molecule has 146 valence electrons. The number of rotatable bonds is 5. The van der Waals surface area contributed by atoms with Gasteiger partial charge in [-0.05, 0) is 36.4 Å². The number of nitrogens with zero attached hydrogens (tertiary/aromatic N) is 2. The summed E-state index contributed by atoms with van der Waals surface area (Å²) < 4.78 is 41.9. The number of hydrogen-bond donors (Lipinski definition) is 3. The van der Waals surface area contributed by atoms with Gasteiger partial charge >= 0.3 is 0 Å². The molecule has 0 radical (unpaired) electrons. The van der Waals surface area contributed by atoms with E-state index in [0.717, 1.165) is 12.1 Å². The van der Waals surface area contributed by atoms with Gasteiger partial charge in [-0.25, -0.2) is 17.8 Å². The quantitative estimate of drug-likeness (QED) is 0.466. The number of aromatic amines is 1. The molecule has 0 saturated heterocycles. The maximum absolute atomic E-state index is 13.8. The molecule has 0 atom stereocenters. The highest BCUT2D eigenvalue weighted by Crippen LogP contribution is 2.28. The van der Waals surface area contributed by atoms with Crippen LogP contribution in [-0.4, -0.2) is 29.3 Å². The number of halogens is 1. The van der Waals surface area contributed by atoms with Crippen LogP contribution in [0.25, 0.3) is 11.0 Å². The van der Waals surface area contributed by atoms with Gasteiger partial charge in [-0.1, -0.05) is 6.07 Å². The highest BCUT2D eigenvalue weighted by Gasteiger charge is 2.22. The van der Waals surface area contributed by atoms with Gasteiger partial charge in [0.1, 0.15) is 22.1 Å². The van der Waals surface area contributed by atoms with Crippen molar-refractivity contribution in [1.82, 2.24) is 15.0 Å². The highest BCUT2D eigenvalue weighted by molar-refractivity contribution is 7.93. The van der Waals surface area contributed by atoms with Crippen molar-refractivity contribution in [2.24, 2.45) is 0 Å². The van der Waals surface area contributed by atoms with Crippen LogP contribution in [0.5, 0.6) is 0 Å². The molecule has 1 amide bonds. The van der Waals surface area contributed by atoms with Crippen molar-refractivity contribution in [2.45, 2.75) is 4.90 Å². The van der Waals surface area contributed by atoms with Crippen LogP contribution in [0, 0.1) is 5.82 Å². The number of benzene rings is 1. The van der Waals surface area contributed by atoms with Gasteiger partial charge in [0.15, 0.2) is 0 Å². The second kappa shape index (κ2) is 7.32. The Hall–Kier alpha value is -3.79. The molecule has 4 aromatic rings. The van der Waals surface area contributed by atoms with Gasteiger partial charge in [0.2, 0.25) is 0 Å². The van der Waals surface area contributed by atoms with E-state index in [1.165, 1.54) is 30.7 Å². The third kappa shape index (κ3) is 3.78. The number of amides is 1. The molecule has 0 aliphatic carbocycles. The van der Waals surface area contributed by atoms with Crippen LogP contribution in [0.15, 0.2) is 72.0 Å². The first-order valence-corrected chi connectivity index (χ1v) is 9.89. The molecule has 1 aromatic carbocycles. The van der Waals surface area contributed by atoms with Crippen molar-refractivity contribution in [3.8, 4) is 0 Å². The van der Waals surface area contributed by atoms with E-state index in [0.29, 0.717) is 11.0 Å². The Bertz CT molecular complexity index is 1310. The fraction of sp³-hybridized carbons (Fsp3) is 0. The summed E-state index contributed by atoms with van der Waals surface area (Å²) >= 11 is 0. The number of nitrogens with one attached hydrogen (secondary N) is 3. The Morgan fingerprint density at radius 3 is 2.62 bits per heavy atom. The van der Waals surface area contributed by atoms with Gasteiger partial charge < -0.3 is 10.3 Å². The van der Waals surface area contributed by atoms with E-state index in [-0.39, 0.29) is 22.0 Å². The van der Waals surface area contributed by atoms with Crippen LogP contribution in [0.4, 0.5) is 15.8 Å². The summed E-state index contributed by atoms with van der Waals surface area (Å²) in [6.07, 6.45) is 4.28. The molecule has 0 unspecified atom stereocenters. The monoisotopic (exact) mass is 411 g/mol. The lowest BCUT2D eigenvalue weighted by Crippen LogP contribution is -2.18. The number of pyridine rings is 2. The molecule has 0 fully saturated rings. The normalized spacial score (nSPS) is 11.3. The van der Waals surface area contributed by atoms with Crippen LogP contribution in [-0.2, 0) is 10.0 Å². The fourth-order valence-corrected chi connectivity index (χ4v) is 3.98. The van der Waals surface area contributed by atoms with E-state index in [9.17, 15) is 17.6 Å². The van der Waals surface area contributed by atoms with Crippen LogP contribution < -0.4 is 10.0 Å². The third-order valence-electron chi connectivity index (χ3n) is 4.07. The van der Waals surface area contributed by atoms with Crippen LogP contribution in [0.3, 0.4) is 0 Å². The first-order valence-electron chi connectivity index (χ1n) is 8.41. The van der Waals surface area contributed by atoms with E-state index in [4.69, 9.17) is 0 Å². The van der Waals surface area contributed by atoms with Gasteiger partial charge in [0, 0.05) is 30.0 Å². The maximum atomic E-state index is 13.8. The van der Waals surface area contributed by atoms with Crippen molar-refractivity contribution in [3.05, 3.63) is 78.6 Å². The fourth-order valence-electron chi connectivity index (χ4n) is 2.75. The molecule has 0 aliphatic rings. The summed E-state index contributed by atoms with van der Waals surface area (Å²) in [5.74, 6) is -1.23. The molecule has 8 nitrogen and oxygen atoms in total. The van der Waals surface area contributed by atoms with E-state index < -0.39 is 21.7 Å². The number of H-pyrrole nitrogens is 1. The Morgan fingerprint density at radius 2 is 1.83 bits per heavy atom. The van der Waals surface area contributed by atoms with Gasteiger partial charge in [-0.15, -0.1) is 0 Å². The van der Waals surface area contributed by atoms with E-state index in [1.807, 2.05) is 0 Å². The third-order valence-corrected chi connectivity index (χ3v) is 5.48. The smallest absolute Gasteiger partial charge is 0.274 e. The van der Waals surface area contributed by atoms with Crippen LogP contribution >= 0.6 is 0 Å². The molecule has 29 heavy (non-hydrogen) atoms. The SMILES string of the molecule is O=C(Nc1ccc(F)cc1NS(=O)(=O)c1c[nH]c2ncccc12)c1ccccn1. The maximum Gasteiger partial charge on any atom is 0.274 e. The molecule has 3 heterocycles. The lowest BCUT2D eigenvalue weighted by atomic mass is 10.2. The number of fused-ring (bicyclic) bond motifs is 1. The second-order valence-corrected chi connectivity index (χ2v) is 7.67. The highest BCUT2D eigenvalue weighted by atomic mass is 32.2. The zero-order chi connectivity index (χ0) is 20.4. The minimum Gasteiger partial charge on any atom is -0.345 e. The summed E-state index contributed by atoms with van der Waals surface area (Å²) in [6, 6.07) is 11.4. The Morgan fingerprint density at radius 1 is 1.00 bits per heavy atom. The Balaban J connectivity index is 1.68. The van der Waals surface area contributed by atoms with Crippen molar-refractivity contribution in [3.63, 3.8) is 0 Å².